The molecule has 0 aromatic carbocycles. The van der Waals surface area contributed by atoms with Crippen molar-refractivity contribution in [2.75, 3.05) is 0 Å². The standard InChI is InChI=1S/C13H18/c1-3-5-7-9-11-13-12-10-8-6-4-2/h3-8,11,13H,1-2,9-10,12H2. The van der Waals surface area contributed by atoms with Gasteiger partial charge in [-0.15, -0.1) is 0 Å². The van der Waals surface area contributed by atoms with Gasteiger partial charge in [-0.3, -0.25) is 0 Å². The van der Waals surface area contributed by atoms with E-state index in [2.05, 4.69) is 37.5 Å². The summed E-state index contributed by atoms with van der Waals surface area (Å²) < 4.78 is 0. The van der Waals surface area contributed by atoms with Crippen LogP contribution in [-0.4, -0.2) is 0 Å². The number of rotatable bonds is 7. The molecule has 0 unspecified atom stereocenters. The molecule has 0 saturated carbocycles. The summed E-state index contributed by atoms with van der Waals surface area (Å²) >= 11 is 0. The average molecular weight is 174 g/mol. The Morgan fingerprint density at radius 3 is 2.00 bits per heavy atom. The SMILES string of the molecule is C=CC=CCC=CCCC=CC=C. The van der Waals surface area contributed by atoms with Gasteiger partial charge in [-0.1, -0.05) is 61.8 Å². The molecule has 0 aliphatic rings. The van der Waals surface area contributed by atoms with E-state index >= 15 is 0 Å². The topological polar surface area (TPSA) is 0 Å². The molecule has 0 amide bonds. The quantitative estimate of drug-likeness (QED) is 0.308. The number of hydrogen-bond donors (Lipinski definition) is 0. The summed E-state index contributed by atoms with van der Waals surface area (Å²) in [6.45, 7) is 7.20. The van der Waals surface area contributed by atoms with Crippen molar-refractivity contribution in [2.24, 2.45) is 0 Å². The second kappa shape index (κ2) is 10.7. The van der Waals surface area contributed by atoms with Gasteiger partial charge in [0.05, 0.1) is 0 Å². The molecule has 0 aliphatic heterocycles. The van der Waals surface area contributed by atoms with Crippen molar-refractivity contribution >= 4 is 0 Å². The van der Waals surface area contributed by atoms with Crippen LogP contribution in [0.4, 0.5) is 0 Å². The Bertz CT molecular complexity index is 204. The van der Waals surface area contributed by atoms with E-state index in [-0.39, 0.29) is 0 Å². The van der Waals surface area contributed by atoms with E-state index < -0.39 is 0 Å². The third kappa shape index (κ3) is 10.7. The van der Waals surface area contributed by atoms with E-state index in [1.807, 2.05) is 12.2 Å². The van der Waals surface area contributed by atoms with Gasteiger partial charge in [0, 0.05) is 0 Å². The fourth-order valence-corrected chi connectivity index (χ4v) is 0.852. The smallest absolute Gasteiger partial charge is 0.0166 e. The van der Waals surface area contributed by atoms with Crippen molar-refractivity contribution in [3.8, 4) is 0 Å². The maximum Gasteiger partial charge on any atom is -0.0166 e. The molecule has 0 nitrogen and oxygen atoms in total. The fourth-order valence-electron chi connectivity index (χ4n) is 0.852. The molecule has 0 heteroatoms. The summed E-state index contributed by atoms with van der Waals surface area (Å²) in [5, 5.41) is 0. The maximum atomic E-state index is 3.61. The van der Waals surface area contributed by atoms with Crippen LogP contribution in [0.5, 0.6) is 0 Å². The zero-order valence-corrected chi connectivity index (χ0v) is 8.15. The summed E-state index contributed by atoms with van der Waals surface area (Å²) in [6.07, 6.45) is 19.3. The van der Waals surface area contributed by atoms with Gasteiger partial charge in [-0.25, -0.2) is 0 Å². The van der Waals surface area contributed by atoms with E-state index in [0.717, 1.165) is 19.3 Å². The van der Waals surface area contributed by atoms with Crippen LogP contribution in [0.2, 0.25) is 0 Å². The Morgan fingerprint density at radius 1 is 0.692 bits per heavy atom. The van der Waals surface area contributed by atoms with Crippen LogP contribution in [0.25, 0.3) is 0 Å². The molecule has 0 aliphatic carbocycles. The molecule has 0 N–H and O–H groups in total. The summed E-state index contributed by atoms with van der Waals surface area (Å²) in [7, 11) is 0. The molecule has 70 valence electrons. The van der Waals surface area contributed by atoms with Gasteiger partial charge in [0.25, 0.3) is 0 Å². The van der Waals surface area contributed by atoms with Crippen LogP contribution in [0, 0.1) is 0 Å². The second-order valence-electron chi connectivity index (χ2n) is 2.61. The molecule has 0 spiro atoms. The minimum atomic E-state index is 0.997. The van der Waals surface area contributed by atoms with Crippen LogP contribution < -0.4 is 0 Å². The summed E-state index contributed by atoms with van der Waals surface area (Å²) in [6, 6.07) is 0. The molecular weight excluding hydrogens is 156 g/mol. The summed E-state index contributed by atoms with van der Waals surface area (Å²) in [4.78, 5) is 0. The van der Waals surface area contributed by atoms with Crippen LogP contribution in [0.1, 0.15) is 19.3 Å². The van der Waals surface area contributed by atoms with Crippen molar-refractivity contribution < 1.29 is 0 Å². The average Bonchev–Trinajstić information content (AvgIpc) is 2.16. The number of unbranched alkanes of at least 4 members (excludes halogenated alkanes) is 1. The third-order valence-electron chi connectivity index (χ3n) is 1.48. The van der Waals surface area contributed by atoms with Crippen LogP contribution in [0.3, 0.4) is 0 Å². The van der Waals surface area contributed by atoms with E-state index in [0.29, 0.717) is 0 Å². The zero-order valence-electron chi connectivity index (χ0n) is 8.15. The molecular formula is C13H18. The first-order valence-electron chi connectivity index (χ1n) is 4.62. The first kappa shape index (κ1) is 11.7. The van der Waals surface area contributed by atoms with Crippen LogP contribution in [0.15, 0.2) is 61.8 Å². The van der Waals surface area contributed by atoms with Crippen molar-refractivity contribution in [2.45, 2.75) is 19.3 Å². The lowest BCUT2D eigenvalue weighted by Gasteiger charge is -1.85. The van der Waals surface area contributed by atoms with Crippen molar-refractivity contribution in [1.29, 1.82) is 0 Å². The molecule has 0 radical (unpaired) electrons. The van der Waals surface area contributed by atoms with Crippen molar-refractivity contribution in [3.05, 3.63) is 61.8 Å². The first-order chi connectivity index (χ1) is 6.41. The Balaban J connectivity index is 3.31. The summed E-state index contributed by atoms with van der Waals surface area (Å²) in [5.41, 5.74) is 0. The molecule has 0 atom stereocenters. The normalized spacial score (nSPS) is 11.7. The minimum Gasteiger partial charge on any atom is -0.0991 e. The fraction of sp³-hybridized carbons (Fsp3) is 0.231. The molecule has 0 heterocycles. The highest BCUT2D eigenvalue weighted by molar-refractivity contribution is 5.02. The van der Waals surface area contributed by atoms with Gasteiger partial charge >= 0.3 is 0 Å². The molecule has 0 bridgehead atoms. The molecule has 0 saturated heterocycles. The van der Waals surface area contributed by atoms with Gasteiger partial charge in [0.15, 0.2) is 0 Å². The summed E-state index contributed by atoms with van der Waals surface area (Å²) in [5.74, 6) is 0. The van der Waals surface area contributed by atoms with Crippen molar-refractivity contribution in [1.82, 2.24) is 0 Å². The zero-order chi connectivity index (χ0) is 9.78. The monoisotopic (exact) mass is 174 g/mol. The molecule has 13 heavy (non-hydrogen) atoms. The lowest BCUT2D eigenvalue weighted by atomic mass is 10.2. The highest BCUT2D eigenvalue weighted by atomic mass is 13.8. The van der Waals surface area contributed by atoms with Gasteiger partial charge in [-0.05, 0) is 19.3 Å². The van der Waals surface area contributed by atoms with E-state index in [1.165, 1.54) is 0 Å². The first-order valence-corrected chi connectivity index (χ1v) is 4.62. The van der Waals surface area contributed by atoms with Crippen molar-refractivity contribution in [3.63, 3.8) is 0 Å². The highest BCUT2D eigenvalue weighted by Crippen LogP contribution is 1.95. The van der Waals surface area contributed by atoms with Gasteiger partial charge in [0.1, 0.15) is 0 Å². The maximum absolute atomic E-state index is 3.61. The minimum absolute atomic E-state index is 0.997. The van der Waals surface area contributed by atoms with Crippen LogP contribution >= 0.6 is 0 Å². The van der Waals surface area contributed by atoms with Gasteiger partial charge in [0.2, 0.25) is 0 Å². The largest absolute Gasteiger partial charge is 0.0991 e. The van der Waals surface area contributed by atoms with Crippen LogP contribution in [-0.2, 0) is 0 Å². The van der Waals surface area contributed by atoms with E-state index in [1.54, 1.807) is 12.2 Å². The highest BCUT2D eigenvalue weighted by Gasteiger charge is 1.74. The molecule has 0 fully saturated rings. The Kier molecular flexibility index (Phi) is 9.63. The molecule has 0 rings (SSSR count). The number of allylic oxidation sites excluding steroid dienone is 8. The van der Waals surface area contributed by atoms with E-state index in [4.69, 9.17) is 0 Å². The Hall–Kier alpha value is -1.30. The third-order valence-corrected chi connectivity index (χ3v) is 1.48. The molecule has 0 aromatic rings. The van der Waals surface area contributed by atoms with Gasteiger partial charge in [-0.2, -0.15) is 0 Å². The predicted molar refractivity (Wildman–Crippen MR) is 61.7 cm³/mol. The number of hydrogen-bond acceptors (Lipinski definition) is 0. The lowest BCUT2D eigenvalue weighted by molar-refractivity contribution is 1.04. The predicted octanol–water partition coefficient (Wildman–Crippen LogP) is 4.20. The lowest BCUT2D eigenvalue weighted by Crippen LogP contribution is -1.64. The Morgan fingerprint density at radius 2 is 1.31 bits per heavy atom. The Labute approximate surface area is 81.7 Å². The van der Waals surface area contributed by atoms with E-state index in [9.17, 15) is 0 Å². The van der Waals surface area contributed by atoms with Gasteiger partial charge < -0.3 is 0 Å². The second-order valence-corrected chi connectivity index (χ2v) is 2.61. The molecule has 0 aromatic heterocycles.